The summed E-state index contributed by atoms with van der Waals surface area (Å²) in [5.74, 6) is 0.0599. The van der Waals surface area contributed by atoms with Crippen molar-refractivity contribution in [1.82, 2.24) is 0 Å². The van der Waals surface area contributed by atoms with E-state index in [1.807, 2.05) is 19.1 Å². The Morgan fingerprint density at radius 2 is 2.19 bits per heavy atom. The third-order valence-corrected chi connectivity index (χ3v) is 3.07. The Bertz CT molecular complexity index is 388. The zero-order chi connectivity index (χ0) is 12.1. The van der Waals surface area contributed by atoms with Crippen LogP contribution in [0.1, 0.15) is 24.0 Å². The quantitative estimate of drug-likeness (QED) is 0.904. The van der Waals surface area contributed by atoms with E-state index in [1.54, 1.807) is 7.11 Å². The summed E-state index contributed by atoms with van der Waals surface area (Å²) in [4.78, 5) is 10.4. The summed E-state index contributed by atoms with van der Waals surface area (Å²) < 4.78 is 6.09. The van der Waals surface area contributed by atoms with Gasteiger partial charge in [0.2, 0.25) is 0 Å². The van der Waals surface area contributed by atoms with E-state index in [-0.39, 0.29) is 6.42 Å². The van der Waals surface area contributed by atoms with Crippen molar-refractivity contribution in [3.63, 3.8) is 0 Å². The molecule has 0 heterocycles. The van der Waals surface area contributed by atoms with Crippen molar-refractivity contribution in [2.75, 3.05) is 7.11 Å². The molecule has 0 amide bonds. The monoisotopic (exact) mass is 286 g/mol. The van der Waals surface area contributed by atoms with Crippen LogP contribution < -0.4 is 4.74 Å². The molecule has 16 heavy (non-hydrogen) atoms. The largest absolute Gasteiger partial charge is 0.496 e. The molecule has 0 radical (unpaired) electrons. The van der Waals surface area contributed by atoms with Crippen LogP contribution in [0.15, 0.2) is 16.6 Å². The fourth-order valence-corrected chi connectivity index (χ4v) is 2.10. The van der Waals surface area contributed by atoms with E-state index in [4.69, 9.17) is 9.84 Å². The SMILES string of the molecule is COc1cc(C)c(CCCC(=O)O)cc1Br. The molecule has 0 unspecified atom stereocenters. The molecule has 88 valence electrons. The van der Waals surface area contributed by atoms with Crippen LogP contribution >= 0.6 is 15.9 Å². The standard InChI is InChI=1S/C12H15BrO3/c1-8-6-11(16-2)10(13)7-9(8)4-3-5-12(14)15/h6-7H,3-5H2,1-2H3,(H,14,15). The lowest BCUT2D eigenvalue weighted by Gasteiger charge is -2.09. The number of aryl methyl sites for hydroxylation is 2. The van der Waals surface area contributed by atoms with Gasteiger partial charge in [0, 0.05) is 6.42 Å². The second kappa shape index (κ2) is 5.89. The molecule has 0 saturated heterocycles. The third-order valence-electron chi connectivity index (χ3n) is 2.45. The molecule has 3 nitrogen and oxygen atoms in total. The van der Waals surface area contributed by atoms with E-state index < -0.39 is 5.97 Å². The Morgan fingerprint density at radius 1 is 1.50 bits per heavy atom. The molecule has 1 aromatic rings. The Hall–Kier alpha value is -1.03. The summed E-state index contributed by atoms with van der Waals surface area (Å²) in [6, 6.07) is 3.95. The number of rotatable bonds is 5. The lowest BCUT2D eigenvalue weighted by Crippen LogP contribution is -1.98. The predicted octanol–water partition coefficient (Wildman–Crippen LogP) is 3.17. The first kappa shape index (κ1) is 13.0. The molecular weight excluding hydrogens is 272 g/mol. The predicted molar refractivity (Wildman–Crippen MR) is 66.0 cm³/mol. The molecule has 0 fully saturated rings. The van der Waals surface area contributed by atoms with E-state index >= 15 is 0 Å². The van der Waals surface area contributed by atoms with Gasteiger partial charge in [0.25, 0.3) is 0 Å². The lowest BCUT2D eigenvalue weighted by atomic mass is 10.0. The number of aliphatic carboxylic acids is 1. The maximum absolute atomic E-state index is 10.4. The molecule has 0 aliphatic heterocycles. The van der Waals surface area contributed by atoms with Crippen molar-refractivity contribution in [2.45, 2.75) is 26.2 Å². The molecular formula is C12H15BrO3. The maximum atomic E-state index is 10.4. The number of carboxylic acids is 1. The number of carbonyl (C=O) groups is 1. The first-order valence-electron chi connectivity index (χ1n) is 5.09. The van der Waals surface area contributed by atoms with Gasteiger partial charge in [0.1, 0.15) is 5.75 Å². The van der Waals surface area contributed by atoms with E-state index in [0.717, 1.165) is 27.8 Å². The average molecular weight is 287 g/mol. The molecule has 0 aromatic heterocycles. The van der Waals surface area contributed by atoms with Gasteiger partial charge in [0.05, 0.1) is 11.6 Å². The minimum atomic E-state index is -0.745. The second-order valence-electron chi connectivity index (χ2n) is 3.66. The maximum Gasteiger partial charge on any atom is 0.303 e. The zero-order valence-electron chi connectivity index (χ0n) is 9.42. The Kier molecular flexibility index (Phi) is 4.80. The summed E-state index contributed by atoms with van der Waals surface area (Å²) in [6.07, 6.45) is 1.65. The van der Waals surface area contributed by atoms with Crippen molar-refractivity contribution in [3.8, 4) is 5.75 Å². The van der Waals surface area contributed by atoms with Gasteiger partial charge in [-0.3, -0.25) is 4.79 Å². The summed E-state index contributed by atoms with van der Waals surface area (Å²) in [7, 11) is 1.63. The molecule has 0 spiro atoms. The van der Waals surface area contributed by atoms with Crippen LogP contribution in [0.25, 0.3) is 0 Å². The van der Waals surface area contributed by atoms with Crippen LogP contribution in [0.4, 0.5) is 0 Å². The lowest BCUT2D eigenvalue weighted by molar-refractivity contribution is -0.137. The Labute approximate surface area is 104 Å². The first-order chi connectivity index (χ1) is 7.54. The van der Waals surface area contributed by atoms with Gasteiger partial charge in [-0.15, -0.1) is 0 Å². The molecule has 0 bridgehead atoms. The van der Waals surface area contributed by atoms with Crippen LogP contribution in [0.5, 0.6) is 5.75 Å². The van der Waals surface area contributed by atoms with Crippen molar-refractivity contribution in [1.29, 1.82) is 0 Å². The molecule has 1 rings (SSSR count). The van der Waals surface area contributed by atoms with E-state index in [2.05, 4.69) is 15.9 Å². The first-order valence-corrected chi connectivity index (χ1v) is 5.88. The highest BCUT2D eigenvalue weighted by Gasteiger charge is 2.06. The molecule has 1 N–H and O–H groups in total. The summed E-state index contributed by atoms with van der Waals surface area (Å²) in [5, 5.41) is 8.57. The number of ether oxygens (including phenoxy) is 1. The van der Waals surface area contributed by atoms with Crippen LogP contribution in [0, 0.1) is 6.92 Å². The van der Waals surface area contributed by atoms with Crippen molar-refractivity contribution in [2.24, 2.45) is 0 Å². The molecule has 4 heteroatoms. The number of benzene rings is 1. The molecule has 0 saturated carbocycles. The summed E-state index contributed by atoms with van der Waals surface area (Å²) in [5.41, 5.74) is 2.29. The van der Waals surface area contributed by atoms with Gasteiger partial charge in [-0.25, -0.2) is 0 Å². The number of methoxy groups -OCH3 is 1. The minimum absolute atomic E-state index is 0.211. The van der Waals surface area contributed by atoms with Gasteiger partial charge in [-0.05, 0) is 59.0 Å². The highest BCUT2D eigenvalue weighted by molar-refractivity contribution is 9.10. The van der Waals surface area contributed by atoms with Crippen LogP contribution in [0.2, 0.25) is 0 Å². The molecule has 0 aliphatic carbocycles. The molecule has 1 aromatic carbocycles. The number of carboxylic acid groups (broad SMARTS) is 1. The van der Waals surface area contributed by atoms with Gasteiger partial charge >= 0.3 is 5.97 Å². The Balaban J connectivity index is 2.73. The van der Waals surface area contributed by atoms with Gasteiger partial charge in [-0.2, -0.15) is 0 Å². The third kappa shape index (κ3) is 3.52. The van der Waals surface area contributed by atoms with E-state index in [9.17, 15) is 4.79 Å². The van der Waals surface area contributed by atoms with E-state index in [1.165, 1.54) is 0 Å². The second-order valence-corrected chi connectivity index (χ2v) is 4.51. The van der Waals surface area contributed by atoms with Crippen LogP contribution in [-0.2, 0) is 11.2 Å². The van der Waals surface area contributed by atoms with Gasteiger partial charge in [0.15, 0.2) is 0 Å². The normalized spacial score (nSPS) is 10.2. The van der Waals surface area contributed by atoms with Crippen molar-refractivity contribution < 1.29 is 14.6 Å². The van der Waals surface area contributed by atoms with E-state index in [0.29, 0.717) is 6.42 Å². The van der Waals surface area contributed by atoms with Crippen molar-refractivity contribution >= 4 is 21.9 Å². The van der Waals surface area contributed by atoms with Crippen LogP contribution in [0.3, 0.4) is 0 Å². The topological polar surface area (TPSA) is 46.5 Å². The fourth-order valence-electron chi connectivity index (χ4n) is 1.55. The Morgan fingerprint density at radius 3 is 2.75 bits per heavy atom. The number of hydrogen-bond donors (Lipinski definition) is 1. The average Bonchev–Trinajstić information content (AvgIpc) is 2.22. The van der Waals surface area contributed by atoms with Gasteiger partial charge in [-0.1, -0.05) is 0 Å². The van der Waals surface area contributed by atoms with Crippen LogP contribution in [-0.4, -0.2) is 18.2 Å². The zero-order valence-corrected chi connectivity index (χ0v) is 11.0. The molecule has 0 aliphatic rings. The minimum Gasteiger partial charge on any atom is -0.496 e. The smallest absolute Gasteiger partial charge is 0.303 e. The summed E-state index contributed by atoms with van der Waals surface area (Å²) >= 11 is 3.42. The fraction of sp³-hybridized carbons (Fsp3) is 0.417. The highest BCUT2D eigenvalue weighted by Crippen LogP contribution is 2.28. The number of hydrogen-bond acceptors (Lipinski definition) is 2. The van der Waals surface area contributed by atoms with Gasteiger partial charge < -0.3 is 9.84 Å². The molecule has 0 atom stereocenters. The number of halogens is 1. The van der Waals surface area contributed by atoms with Crippen molar-refractivity contribution in [3.05, 3.63) is 27.7 Å². The highest BCUT2D eigenvalue weighted by atomic mass is 79.9. The summed E-state index contributed by atoms with van der Waals surface area (Å²) in [6.45, 7) is 2.01.